The number of carboxylic acids is 1. The molecule has 0 aliphatic heterocycles. The standard InChI is InChI=1S/C13H10N2O2S/c1-8-14-12-10(13(16)17)3-2-4-11(12)15(8)9-5-6-18-7-9/h2-7H,1H3,(H,16,17). The number of fused-ring (bicyclic) bond motifs is 1. The number of carbonyl (C=O) groups is 1. The van der Waals surface area contributed by atoms with Crippen molar-refractivity contribution in [1.29, 1.82) is 0 Å². The van der Waals surface area contributed by atoms with Crippen LogP contribution in [0.2, 0.25) is 0 Å². The van der Waals surface area contributed by atoms with Gasteiger partial charge in [-0.25, -0.2) is 9.78 Å². The summed E-state index contributed by atoms with van der Waals surface area (Å²) in [6.07, 6.45) is 0. The van der Waals surface area contributed by atoms with Crippen molar-refractivity contribution in [2.24, 2.45) is 0 Å². The first-order valence-electron chi connectivity index (χ1n) is 5.42. The first-order valence-corrected chi connectivity index (χ1v) is 6.36. The van der Waals surface area contributed by atoms with Crippen molar-refractivity contribution in [3.8, 4) is 5.69 Å². The first kappa shape index (κ1) is 11.0. The number of nitrogens with zero attached hydrogens (tertiary/aromatic N) is 2. The predicted octanol–water partition coefficient (Wildman–Crippen LogP) is 3.09. The molecule has 0 unspecified atom stereocenters. The molecule has 3 aromatic rings. The van der Waals surface area contributed by atoms with E-state index in [9.17, 15) is 4.79 Å². The van der Waals surface area contributed by atoms with Crippen molar-refractivity contribution in [2.75, 3.05) is 0 Å². The van der Waals surface area contributed by atoms with E-state index < -0.39 is 5.97 Å². The second-order valence-electron chi connectivity index (χ2n) is 3.95. The van der Waals surface area contributed by atoms with Gasteiger partial charge in [0.2, 0.25) is 0 Å². The number of carboxylic acid groups (broad SMARTS) is 1. The Hall–Kier alpha value is -2.14. The van der Waals surface area contributed by atoms with Gasteiger partial charge in [-0.15, -0.1) is 0 Å². The molecule has 0 saturated carbocycles. The fourth-order valence-corrected chi connectivity index (χ4v) is 2.72. The summed E-state index contributed by atoms with van der Waals surface area (Å²) >= 11 is 1.60. The number of para-hydroxylation sites is 1. The molecular weight excluding hydrogens is 248 g/mol. The highest BCUT2D eigenvalue weighted by atomic mass is 32.1. The lowest BCUT2D eigenvalue weighted by molar-refractivity contribution is 0.0699. The van der Waals surface area contributed by atoms with Crippen LogP contribution in [0.4, 0.5) is 0 Å². The van der Waals surface area contributed by atoms with E-state index in [2.05, 4.69) is 4.98 Å². The average Bonchev–Trinajstić information content (AvgIpc) is 2.93. The van der Waals surface area contributed by atoms with Crippen LogP contribution in [-0.2, 0) is 0 Å². The van der Waals surface area contributed by atoms with Crippen LogP contribution >= 0.6 is 11.3 Å². The third-order valence-corrected chi connectivity index (χ3v) is 3.52. The maximum absolute atomic E-state index is 11.2. The molecule has 5 heteroatoms. The molecule has 1 aromatic carbocycles. The fraction of sp³-hybridized carbons (Fsp3) is 0.0769. The summed E-state index contributed by atoms with van der Waals surface area (Å²) < 4.78 is 1.97. The van der Waals surface area contributed by atoms with Gasteiger partial charge in [0.1, 0.15) is 11.3 Å². The number of rotatable bonds is 2. The minimum absolute atomic E-state index is 0.240. The number of aromatic nitrogens is 2. The first-order chi connectivity index (χ1) is 8.68. The predicted molar refractivity (Wildman–Crippen MR) is 70.6 cm³/mol. The maximum atomic E-state index is 11.2. The molecular formula is C13H10N2O2S. The average molecular weight is 258 g/mol. The Labute approximate surface area is 107 Å². The Morgan fingerprint density at radius 1 is 1.39 bits per heavy atom. The molecule has 0 spiro atoms. The quantitative estimate of drug-likeness (QED) is 0.768. The van der Waals surface area contributed by atoms with Crippen molar-refractivity contribution in [2.45, 2.75) is 6.92 Å². The maximum Gasteiger partial charge on any atom is 0.337 e. The van der Waals surface area contributed by atoms with Crippen LogP contribution in [0.3, 0.4) is 0 Å². The number of hydrogen-bond acceptors (Lipinski definition) is 3. The topological polar surface area (TPSA) is 55.1 Å². The van der Waals surface area contributed by atoms with Gasteiger partial charge in [0.05, 0.1) is 16.8 Å². The van der Waals surface area contributed by atoms with E-state index in [0.717, 1.165) is 17.0 Å². The summed E-state index contributed by atoms with van der Waals surface area (Å²) in [6.45, 7) is 1.88. The summed E-state index contributed by atoms with van der Waals surface area (Å²) in [5, 5.41) is 13.2. The fourth-order valence-electron chi connectivity index (χ4n) is 2.10. The molecule has 18 heavy (non-hydrogen) atoms. The summed E-state index contributed by atoms with van der Waals surface area (Å²) in [4.78, 5) is 15.6. The lowest BCUT2D eigenvalue weighted by Crippen LogP contribution is -1.97. The van der Waals surface area contributed by atoms with Crippen LogP contribution in [0.25, 0.3) is 16.7 Å². The van der Waals surface area contributed by atoms with E-state index in [4.69, 9.17) is 5.11 Å². The summed E-state index contributed by atoms with van der Waals surface area (Å²) in [5.74, 6) is -0.160. The van der Waals surface area contributed by atoms with Gasteiger partial charge in [0.25, 0.3) is 0 Å². The smallest absolute Gasteiger partial charge is 0.337 e. The second kappa shape index (κ2) is 3.96. The van der Waals surface area contributed by atoms with E-state index in [-0.39, 0.29) is 5.56 Å². The number of aryl methyl sites for hydroxylation is 1. The van der Waals surface area contributed by atoms with Crippen molar-refractivity contribution >= 4 is 28.3 Å². The van der Waals surface area contributed by atoms with Crippen LogP contribution < -0.4 is 0 Å². The van der Waals surface area contributed by atoms with Crippen molar-refractivity contribution < 1.29 is 9.90 Å². The molecule has 0 aliphatic carbocycles. The van der Waals surface area contributed by atoms with Crippen LogP contribution in [-0.4, -0.2) is 20.6 Å². The molecule has 4 nitrogen and oxygen atoms in total. The molecule has 2 aromatic heterocycles. The van der Waals surface area contributed by atoms with Gasteiger partial charge >= 0.3 is 5.97 Å². The Balaban J connectivity index is 2.38. The molecule has 2 heterocycles. The zero-order valence-electron chi connectivity index (χ0n) is 9.62. The van der Waals surface area contributed by atoms with Gasteiger partial charge < -0.3 is 5.11 Å². The van der Waals surface area contributed by atoms with Gasteiger partial charge in [-0.05, 0) is 30.5 Å². The summed E-state index contributed by atoms with van der Waals surface area (Å²) in [7, 11) is 0. The molecule has 0 fully saturated rings. The van der Waals surface area contributed by atoms with Crippen LogP contribution in [0.15, 0.2) is 35.0 Å². The van der Waals surface area contributed by atoms with Crippen LogP contribution in [0, 0.1) is 6.92 Å². The molecule has 0 saturated heterocycles. The zero-order valence-corrected chi connectivity index (χ0v) is 10.4. The van der Waals surface area contributed by atoms with Crippen LogP contribution in [0.1, 0.15) is 16.2 Å². The normalized spacial score (nSPS) is 10.9. The largest absolute Gasteiger partial charge is 0.478 e. The zero-order chi connectivity index (χ0) is 12.7. The van der Waals surface area contributed by atoms with Crippen LogP contribution in [0.5, 0.6) is 0 Å². The number of hydrogen-bond donors (Lipinski definition) is 1. The molecule has 90 valence electrons. The minimum atomic E-state index is -0.949. The molecule has 0 amide bonds. The Kier molecular flexibility index (Phi) is 2.41. The van der Waals surface area contributed by atoms with Gasteiger partial charge in [-0.3, -0.25) is 4.57 Å². The minimum Gasteiger partial charge on any atom is -0.478 e. The molecule has 1 N–H and O–H groups in total. The number of thiophene rings is 1. The molecule has 0 radical (unpaired) electrons. The molecule has 0 aliphatic rings. The van der Waals surface area contributed by atoms with E-state index >= 15 is 0 Å². The van der Waals surface area contributed by atoms with E-state index in [1.165, 1.54) is 0 Å². The van der Waals surface area contributed by atoms with Crippen molar-refractivity contribution in [3.05, 3.63) is 46.4 Å². The van der Waals surface area contributed by atoms with Gasteiger partial charge in [0.15, 0.2) is 0 Å². The second-order valence-corrected chi connectivity index (χ2v) is 4.73. The highest BCUT2D eigenvalue weighted by molar-refractivity contribution is 7.08. The van der Waals surface area contributed by atoms with E-state index in [0.29, 0.717) is 5.52 Å². The molecule has 0 bridgehead atoms. The van der Waals surface area contributed by atoms with Crippen molar-refractivity contribution in [1.82, 2.24) is 9.55 Å². The SMILES string of the molecule is Cc1nc2c(C(=O)O)cccc2n1-c1ccsc1. The van der Waals surface area contributed by atoms with E-state index in [1.54, 1.807) is 23.5 Å². The van der Waals surface area contributed by atoms with Crippen molar-refractivity contribution in [3.63, 3.8) is 0 Å². The number of imidazole rings is 1. The Morgan fingerprint density at radius 2 is 2.22 bits per heavy atom. The third kappa shape index (κ3) is 1.52. The third-order valence-electron chi connectivity index (χ3n) is 2.85. The highest BCUT2D eigenvalue weighted by Gasteiger charge is 2.15. The molecule has 3 rings (SSSR count). The van der Waals surface area contributed by atoms with Gasteiger partial charge in [-0.1, -0.05) is 6.07 Å². The van der Waals surface area contributed by atoms with Gasteiger partial charge in [-0.2, -0.15) is 11.3 Å². The Bertz CT molecular complexity index is 729. The summed E-state index contributed by atoms with van der Waals surface area (Å²) in [5.41, 5.74) is 2.62. The van der Waals surface area contributed by atoms with Gasteiger partial charge in [0, 0.05) is 5.38 Å². The monoisotopic (exact) mass is 258 g/mol. The lowest BCUT2D eigenvalue weighted by Gasteiger charge is -2.03. The summed E-state index contributed by atoms with van der Waals surface area (Å²) in [6, 6.07) is 7.20. The lowest BCUT2D eigenvalue weighted by atomic mass is 10.2. The highest BCUT2D eigenvalue weighted by Crippen LogP contribution is 2.25. The van der Waals surface area contributed by atoms with E-state index in [1.807, 2.05) is 34.4 Å². The Morgan fingerprint density at radius 3 is 2.89 bits per heavy atom. The molecule has 0 atom stereocenters. The number of aromatic carboxylic acids is 1. The number of benzene rings is 1.